The lowest BCUT2D eigenvalue weighted by Crippen LogP contribution is -2.55. The van der Waals surface area contributed by atoms with Gasteiger partial charge in [-0.2, -0.15) is 5.10 Å². The second kappa shape index (κ2) is 4.09. The highest BCUT2D eigenvalue weighted by atomic mass is 16.3. The number of nitrogens with zero attached hydrogens (tertiary/aromatic N) is 2. The van der Waals surface area contributed by atoms with Gasteiger partial charge in [0.15, 0.2) is 0 Å². The van der Waals surface area contributed by atoms with E-state index in [0.29, 0.717) is 5.41 Å². The van der Waals surface area contributed by atoms with Crippen molar-refractivity contribution in [3.05, 3.63) is 18.0 Å². The van der Waals surface area contributed by atoms with Crippen LogP contribution in [0.5, 0.6) is 0 Å². The fourth-order valence-electron chi connectivity index (χ4n) is 6.20. The highest BCUT2D eigenvalue weighted by molar-refractivity contribution is 5.12. The van der Waals surface area contributed by atoms with E-state index in [4.69, 9.17) is 0 Å². The van der Waals surface area contributed by atoms with Crippen LogP contribution in [0.15, 0.2) is 12.4 Å². The van der Waals surface area contributed by atoms with Gasteiger partial charge in [-0.25, -0.2) is 0 Å². The van der Waals surface area contributed by atoms with E-state index in [0.717, 1.165) is 18.3 Å². The fraction of sp³-hybridized carbons (Fsp3) is 0.824. The van der Waals surface area contributed by atoms with Crippen LogP contribution >= 0.6 is 0 Å². The van der Waals surface area contributed by atoms with Gasteiger partial charge in [-0.1, -0.05) is 6.92 Å². The summed E-state index contributed by atoms with van der Waals surface area (Å²) in [5, 5.41) is 15.2. The van der Waals surface area contributed by atoms with Crippen LogP contribution in [-0.2, 0) is 13.5 Å². The maximum atomic E-state index is 11.0. The Kier molecular flexibility index (Phi) is 2.64. The number of hydrogen-bond donors (Lipinski definition) is 1. The van der Waals surface area contributed by atoms with Crippen molar-refractivity contribution in [2.75, 3.05) is 0 Å². The zero-order valence-electron chi connectivity index (χ0n) is 12.7. The molecule has 0 aromatic carbocycles. The van der Waals surface area contributed by atoms with E-state index >= 15 is 0 Å². The molecule has 4 bridgehead atoms. The summed E-state index contributed by atoms with van der Waals surface area (Å²) in [5.41, 5.74) is 1.90. The molecule has 20 heavy (non-hydrogen) atoms. The average Bonchev–Trinajstić information content (AvgIpc) is 2.71. The van der Waals surface area contributed by atoms with Crippen LogP contribution in [0.4, 0.5) is 0 Å². The Morgan fingerprint density at radius 2 is 2.05 bits per heavy atom. The monoisotopic (exact) mass is 274 g/mol. The van der Waals surface area contributed by atoms with Gasteiger partial charge in [0.05, 0.1) is 12.3 Å². The van der Waals surface area contributed by atoms with Crippen molar-refractivity contribution in [1.29, 1.82) is 0 Å². The zero-order chi connectivity index (χ0) is 14.0. The van der Waals surface area contributed by atoms with Gasteiger partial charge in [-0.15, -0.1) is 0 Å². The number of aliphatic hydroxyl groups is 1. The van der Waals surface area contributed by atoms with Crippen molar-refractivity contribution >= 4 is 0 Å². The Balaban J connectivity index is 1.57. The predicted octanol–water partition coefficient (Wildman–Crippen LogP) is 2.93. The summed E-state index contributed by atoms with van der Waals surface area (Å²) in [7, 11) is 1.95. The molecule has 1 N–H and O–H groups in total. The van der Waals surface area contributed by atoms with Crippen molar-refractivity contribution in [2.24, 2.45) is 29.7 Å². The lowest BCUT2D eigenvalue weighted by molar-refractivity contribution is -0.152. The van der Waals surface area contributed by atoms with Crippen LogP contribution in [0.25, 0.3) is 0 Å². The van der Waals surface area contributed by atoms with Crippen LogP contribution in [0.1, 0.15) is 51.0 Å². The number of hydrogen-bond acceptors (Lipinski definition) is 2. The van der Waals surface area contributed by atoms with E-state index in [9.17, 15) is 5.11 Å². The molecule has 0 amide bonds. The summed E-state index contributed by atoms with van der Waals surface area (Å²) >= 11 is 0. The van der Waals surface area contributed by atoms with Gasteiger partial charge in [0.25, 0.3) is 0 Å². The second-order valence-electron chi connectivity index (χ2n) is 8.38. The standard InChI is InChI=1S/C17H26N2O/c1-16-5-12-3-13(6-16)8-17(7-12,11-16)15(20)4-14-9-18-19(2)10-14/h9-10,12-13,15,20H,3-8,11H2,1-2H3. The van der Waals surface area contributed by atoms with E-state index in [1.54, 1.807) is 0 Å². The van der Waals surface area contributed by atoms with E-state index in [1.807, 2.05) is 24.1 Å². The summed E-state index contributed by atoms with van der Waals surface area (Å²) in [4.78, 5) is 0. The van der Waals surface area contributed by atoms with Gasteiger partial charge in [-0.3, -0.25) is 4.68 Å². The maximum Gasteiger partial charge on any atom is 0.0638 e. The minimum absolute atomic E-state index is 0.183. The Morgan fingerprint density at radius 1 is 1.35 bits per heavy atom. The Hall–Kier alpha value is -0.830. The second-order valence-corrected chi connectivity index (χ2v) is 8.38. The summed E-state index contributed by atoms with van der Waals surface area (Å²) in [6, 6.07) is 0. The normalized spacial score (nSPS) is 44.0. The smallest absolute Gasteiger partial charge is 0.0638 e. The number of aliphatic hydroxyl groups excluding tert-OH is 1. The number of aryl methyl sites for hydroxylation is 1. The molecule has 5 rings (SSSR count). The van der Waals surface area contributed by atoms with Crippen LogP contribution in [-0.4, -0.2) is 21.0 Å². The van der Waals surface area contributed by atoms with Crippen molar-refractivity contribution in [3.63, 3.8) is 0 Å². The molecule has 3 heteroatoms. The topological polar surface area (TPSA) is 38.0 Å². The molecule has 3 atom stereocenters. The van der Waals surface area contributed by atoms with Crippen LogP contribution in [0.2, 0.25) is 0 Å². The van der Waals surface area contributed by atoms with Gasteiger partial charge in [0.2, 0.25) is 0 Å². The van der Waals surface area contributed by atoms with Crippen molar-refractivity contribution in [1.82, 2.24) is 9.78 Å². The molecule has 1 heterocycles. The first-order valence-corrected chi connectivity index (χ1v) is 8.12. The highest BCUT2D eigenvalue weighted by Crippen LogP contribution is 2.66. The van der Waals surface area contributed by atoms with E-state index in [-0.39, 0.29) is 11.5 Å². The molecule has 110 valence electrons. The lowest BCUT2D eigenvalue weighted by Gasteiger charge is -2.62. The van der Waals surface area contributed by atoms with Gasteiger partial charge in [-0.05, 0) is 66.8 Å². The molecule has 4 aliphatic rings. The van der Waals surface area contributed by atoms with Crippen molar-refractivity contribution in [2.45, 2.75) is 58.0 Å². The Morgan fingerprint density at radius 3 is 2.60 bits per heavy atom. The van der Waals surface area contributed by atoms with Crippen molar-refractivity contribution in [3.8, 4) is 0 Å². The first kappa shape index (κ1) is 12.9. The molecule has 1 aromatic rings. The third-order valence-corrected chi connectivity index (χ3v) is 6.29. The lowest BCUT2D eigenvalue weighted by atomic mass is 9.43. The fourth-order valence-corrected chi connectivity index (χ4v) is 6.20. The quantitative estimate of drug-likeness (QED) is 0.920. The minimum atomic E-state index is -0.183. The Bertz CT molecular complexity index is 507. The molecule has 4 saturated carbocycles. The Labute approximate surface area is 121 Å². The first-order valence-electron chi connectivity index (χ1n) is 8.12. The molecular formula is C17H26N2O. The number of rotatable bonds is 3. The first-order chi connectivity index (χ1) is 9.46. The third-order valence-electron chi connectivity index (χ3n) is 6.29. The third kappa shape index (κ3) is 1.93. The minimum Gasteiger partial charge on any atom is -0.392 e. The molecule has 0 aliphatic heterocycles. The van der Waals surface area contributed by atoms with Crippen LogP contribution in [0.3, 0.4) is 0 Å². The van der Waals surface area contributed by atoms with Gasteiger partial charge < -0.3 is 5.11 Å². The zero-order valence-corrected chi connectivity index (χ0v) is 12.7. The SMILES string of the molecule is Cn1cc(CC(O)C23CC4CC(CC(C)(C4)C2)C3)cn1. The average molecular weight is 274 g/mol. The van der Waals surface area contributed by atoms with E-state index in [2.05, 4.69) is 12.0 Å². The molecule has 4 aliphatic carbocycles. The molecule has 0 radical (unpaired) electrons. The summed E-state index contributed by atoms with van der Waals surface area (Å²) < 4.78 is 1.84. The molecule has 3 nitrogen and oxygen atoms in total. The van der Waals surface area contributed by atoms with Crippen LogP contribution in [0, 0.1) is 22.7 Å². The van der Waals surface area contributed by atoms with E-state index < -0.39 is 0 Å². The summed E-state index contributed by atoms with van der Waals surface area (Å²) in [5.74, 6) is 1.76. The molecule has 1 aromatic heterocycles. The van der Waals surface area contributed by atoms with Gasteiger partial charge in [0.1, 0.15) is 0 Å². The van der Waals surface area contributed by atoms with Gasteiger partial charge >= 0.3 is 0 Å². The largest absolute Gasteiger partial charge is 0.392 e. The molecular weight excluding hydrogens is 248 g/mol. The van der Waals surface area contributed by atoms with Gasteiger partial charge in [0, 0.05) is 19.7 Å². The highest BCUT2D eigenvalue weighted by Gasteiger charge is 2.58. The molecule has 0 saturated heterocycles. The van der Waals surface area contributed by atoms with Crippen molar-refractivity contribution < 1.29 is 5.11 Å². The molecule has 0 spiro atoms. The number of aromatic nitrogens is 2. The molecule has 4 fully saturated rings. The summed E-state index contributed by atoms with van der Waals surface area (Å²) in [6.07, 6.45) is 12.6. The maximum absolute atomic E-state index is 11.0. The van der Waals surface area contributed by atoms with Crippen LogP contribution < -0.4 is 0 Å². The summed E-state index contributed by atoms with van der Waals surface area (Å²) in [6.45, 7) is 2.47. The predicted molar refractivity (Wildman–Crippen MR) is 78.1 cm³/mol. The van der Waals surface area contributed by atoms with E-state index in [1.165, 1.54) is 44.1 Å². The molecule has 3 unspecified atom stereocenters.